The van der Waals surface area contributed by atoms with Crippen molar-refractivity contribution >= 4 is 27.7 Å². The monoisotopic (exact) mass is 583 g/mol. The topological polar surface area (TPSA) is 29.4 Å². The van der Waals surface area contributed by atoms with Crippen LogP contribution in [-0.2, 0) is 11.8 Å². The lowest BCUT2D eigenvalue weighted by Gasteiger charge is -2.43. The number of benzene rings is 4. The zero-order chi connectivity index (χ0) is 30.4. The molecule has 0 fully saturated rings. The third kappa shape index (κ3) is 3.77. The quantitative estimate of drug-likeness (QED) is 0.147. The van der Waals surface area contributed by atoms with Crippen molar-refractivity contribution in [2.45, 2.75) is 44.6 Å². The molecule has 0 radical (unpaired) electrons. The van der Waals surface area contributed by atoms with Crippen molar-refractivity contribution in [1.29, 1.82) is 0 Å². The van der Waals surface area contributed by atoms with Gasteiger partial charge < -0.3 is 4.42 Å². The number of hydrogen-bond donors (Lipinski definition) is 0. The first kappa shape index (κ1) is 26.4. The summed E-state index contributed by atoms with van der Waals surface area (Å²) < 4.78 is 9.40. The highest BCUT2D eigenvalue weighted by atomic mass is 16.3. The minimum atomic E-state index is 0.0712. The number of nitrogens with zero attached hydrogens (tertiary/aromatic N) is 2. The molecule has 218 valence electrons. The summed E-state index contributed by atoms with van der Waals surface area (Å²) in [6.45, 7) is 11.8. The van der Waals surface area contributed by atoms with Gasteiger partial charge in [0.1, 0.15) is 11.2 Å². The van der Waals surface area contributed by atoms with Crippen molar-refractivity contribution in [1.82, 2.24) is 0 Å². The Kier molecular flexibility index (Phi) is 5.56. The van der Waals surface area contributed by atoms with Gasteiger partial charge in [-0.1, -0.05) is 106 Å². The maximum Gasteiger partial charge on any atom is 0.213 e. The summed E-state index contributed by atoms with van der Waals surface area (Å²) in [6.07, 6.45) is 5.19. The molecule has 2 atom stereocenters. The van der Waals surface area contributed by atoms with Gasteiger partial charge in [0, 0.05) is 39.1 Å². The molecule has 3 aliphatic rings. The minimum Gasteiger partial charge on any atom is -0.455 e. The van der Waals surface area contributed by atoms with Crippen molar-refractivity contribution in [2.24, 2.45) is 4.99 Å². The lowest BCUT2D eigenvalue weighted by molar-refractivity contribution is -0.712. The number of furan rings is 1. The van der Waals surface area contributed by atoms with Gasteiger partial charge in [-0.25, -0.2) is 0 Å². The summed E-state index contributed by atoms with van der Waals surface area (Å²) >= 11 is 0. The van der Waals surface area contributed by atoms with Crippen LogP contribution in [0.1, 0.15) is 55.0 Å². The average molecular weight is 584 g/mol. The van der Waals surface area contributed by atoms with Crippen molar-refractivity contribution < 1.29 is 8.98 Å². The van der Waals surface area contributed by atoms with Gasteiger partial charge in [0.05, 0.1) is 23.7 Å². The summed E-state index contributed by atoms with van der Waals surface area (Å²) in [7, 11) is 0. The Morgan fingerprint density at radius 1 is 0.800 bits per heavy atom. The summed E-state index contributed by atoms with van der Waals surface area (Å²) in [5.74, 6) is 0.327. The first-order valence-corrected chi connectivity index (χ1v) is 16.0. The molecular weight excluding hydrogens is 548 g/mol. The summed E-state index contributed by atoms with van der Waals surface area (Å²) in [5.41, 5.74) is 15.8. The van der Waals surface area contributed by atoms with Gasteiger partial charge in [-0.15, -0.1) is 0 Å². The van der Waals surface area contributed by atoms with Gasteiger partial charge in [0.25, 0.3) is 0 Å². The number of aliphatic imine (C=N–C) groups is 1. The second-order valence-corrected chi connectivity index (χ2v) is 13.7. The normalized spacial score (nSPS) is 18.5. The van der Waals surface area contributed by atoms with E-state index in [1.807, 2.05) is 6.08 Å². The van der Waals surface area contributed by atoms with E-state index in [9.17, 15) is 0 Å². The SMILES string of the molecule is C=CC1=NCC2=C(Cc3ccc4c(oc5c(-c6ccccc6)cccc54)c31)C1c3ccccc3-c3ccc(C(C)(C)C)c[n+]3C21. The fraction of sp³-hybridized carbons (Fsp3) is 0.190. The number of pyridine rings is 1. The lowest BCUT2D eigenvalue weighted by atomic mass is 9.63. The molecular formula is C42H35N2O+. The molecule has 3 nitrogen and oxygen atoms in total. The first-order chi connectivity index (χ1) is 21.9. The third-order valence-corrected chi connectivity index (χ3v) is 10.3. The molecule has 6 aromatic rings. The average Bonchev–Trinajstić information content (AvgIpc) is 3.43. The van der Waals surface area contributed by atoms with E-state index in [1.54, 1.807) is 0 Å². The van der Waals surface area contributed by atoms with Crippen molar-refractivity contribution in [2.75, 3.05) is 6.54 Å². The molecule has 0 N–H and O–H groups in total. The molecule has 2 unspecified atom stereocenters. The zero-order valence-electron chi connectivity index (χ0n) is 26.0. The maximum atomic E-state index is 6.85. The number of hydrogen-bond acceptors (Lipinski definition) is 2. The largest absolute Gasteiger partial charge is 0.455 e. The molecule has 0 spiro atoms. The number of aromatic nitrogens is 1. The van der Waals surface area contributed by atoms with Gasteiger partial charge in [0.2, 0.25) is 5.69 Å². The van der Waals surface area contributed by atoms with Gasteiger partial charge in [-0.2, -0.15) is 4.57 Å². The predicted octanol–water partition coefficient (Wildman–Crippen LogP) is 9.68. The highest BCUT2D eigenvalue weighted by Gasteiger charge is 2.52. The van der Waals surface area contributed by atoms with Crippen LogP contribution in [-0.4, -0.2) is 12.3 Å². The number of rotatable bonds is 2. The van der Waals surface area contributed by atoms with Gasteiger partial charge in [-0.3, -0.25) is 4.99 Å². The Balaban J connectivity index is 1.24. The van der Waals surface area contributed by atoms with E-state index >= 15 is 0 Å². The van der Waals surface area contributed by atoms with Crippen LogP contribution in [0.4, 0.5) is 0 Å². The van der Waals surface area contributed by atoms with E-state index in [0.717, 1.165) is 50.8 Å². The van der Waals surface area contributed by atoms with Crippen LogP contribution in [0.15, 0.2) is 136 Å². The summed E-state index contributed by atoms with van der Waals surface area (Å²) in [5, 5.41) is 2.26. The van der Waals surface area contributed by atoms with Gasteiger partial charge in [0.15, 0.2) is 12.2 Å². The molecule has 4 aromatic carbocycles. The number of fused-ring (bicyclic) bond motifs is 13. The fourth-order valence-corrected chi connectivity index (χ4v) is 8.01. The maximum absolute atomic E-state index is 6.85. The molecule has 3 heteroatoms. The summed E-state index contributed by atoms with van der Waals surface area (Å²) in [6, 6.07) is 35.4. The smallest absolute Gasteiger partial charge is 0.213 e. The molecule has 45 heavy (non-hydrogen) atoms. The first-order valence-electron chi connectivity index (χ1n) is 16.0. The molecule has 9 rings (SSSR count). The number of para-hydroxylation sites is 1. The Morgan fingerprint density at radius 2 is 1.58 bits per heavy atom. The van der Waals surface area contributed by atoms with Crippen LogP contribution in [0.25, 0.3) is 44.3 Å². The molecule has 0 saturated carbocycles. The molecule has 2 aliphatic heterocycles. The van der Waals surface area contributed by atoms with Crippen LogP contribution >= 0.6 is 0 Å². The highest BCUT2D eigenvalue weighted by Crippen LogP contribution is 2.55. The zero-order valence-corrected chi connectivity index (χ0v) is 26.0. The second-order valence-electron chi connectivity index (χ2n) is 13.7. The Hall–Kier alpha value is -5.02. The van der Waals surface area contributed by atoms with E-state index in [0.29, 0.717) is 12.5 Å². The van der Waals surface area contributed by atoms with Crippen molar-refractivity contribution in [3.05, 3.63) is 149 Å². The number of allylic oxidation sites excluding steroid dienone is 2. The van der Waals surface area contributed by atoms with E-state index in [2.05, 4.69) is 135 Å². The predicted molar refractivity (Wildman–Crippen MR) is 184 cm³/mol. The molecule has 0 amide bonds. The molecule has 4 heterocycles. The second kappa shape index (κ2) is 9.49. The van der Waals surface area contributed by atoms with Crippen LogP contribution in [0.2, 0.25) is 0 Å². The summed E-state index contributed by atoms with van der Waals surface area (Å²) in [4.78, 5) is 5.29. The molecule has 2 aromatic heterocycles. The van der Waals surface area contributed by atoms with Crippen molar-refractivity contribution in [3.63, 3.8) is 0 Å². The van der Waals surface area contributed by atoms with Crippen molar-refractivity contribution in [3.8, 4) is 22.4 Å². The van der Waals surface area contributed by atoms with Crippen LogP contribution < -0.4 is 4.57 Å². The Labute approximate surface area is 263 Å². The van der Waals surface area contributed by atoms with Gasteiger partial charge >= 0.3 is 0 Å². The van der Waals surface area contributed by atoms with E-state index in [1.165, 1.54) is 39.1 Å². The van der Waals surface area contributed by atoms with Crippen LogP contribution in [0, 0.1) is 0 Å². The standard InChI is InChI=1S/C42H35N2O/c1-5-35-37-26(18-20-32-31-17-11-16-28(40(31)45-41(32)37)25-12-7-6-8-13-25)22-33-34(23-43-35)39-38(33)30-15-10-9-14-29(30)36-21-19-27(24-44(36)39)42(2,3)4/h5-21,24,38-39H,1,22-23H2,2-4H3/q+1. The Bertz CT molecular complexity index is 2280. The minimum absolute atomic E-state index is 0.0712. The Morgan fingerprint density at radius 3 is 2.40 bits per heavy atom. The van der Waals surface area contributed by atoms with Crippen LogP contribution in [0.5, 0.6) is 0 Å². The van der Waals surface area contributed by atoms with E-state index < -0.39 is 0 Å². The molecule has 0 bridgehead atoms. The van der Waals surface area contributed by atoms with Crippen LogP contribution in [0.3, 0.4) is 0 Å². The van der Waals surface area contributed by atoms with E-state index in [4.69, 9.17) is 9.41 Å². The lowest BCUT2D eigenvalue weighted by Crippen LogP contribution is -2.55. The van der Waals surface area contributed by atoms with E-state index in [-0.39, 0.29) is 11.5 Å². The molecule has 0 saturated heterocycles. The van der Waals surface area contributed by atoms with Gasteiger partial charge in [-0.05, 0) is 52.3 Å². The molecule has 1 aliphatic carbocycles. The fourth-order valence-electron chi connectivity index (χ4n) is 8.01. The highest BCUT2D eigenvalue weighted by molar-refractivity contribution is 6.21. The third-order valence-electron chi connectivity index (χ3n) is 10.3.